The number of nitrogens with zero attached hydrogens (tertiary/aromatic N) is 2. The molecule has 5 heteroatoms. The van der Waals surface area contributed by atoms with Crippen molar-refractivity contribution in [2.45, 2.75) is 0 Å². The minimum absolute atomic E-state index is 0. The molecule has 0 spiro atoms. The Morgan fingerprint density at radius 1 is 0.733 bits per heavy atom. The summed E-state index contributed by atoms with van der Waals surface area (Å²) in [5.41, 5.74) is 2.11. The molecule has 0 bridgehead atoms. The third kappa shape index (κ3) is 4.60. The van der Waals surface area contributed by atoms with Crippen LogP contribution in [0.2, 0.25) is 0 Å². The Bertz CT molecular complexity index is 1280. The number of benzene rings is 3. The van der Waals surface area contributed by atoms with E-state index in [2.05, 4.69) is 64.6 Å². The number of aromatic carboxylic acids is 1. The molecule has 0 atom stereocenters. The Labute approximate surface area is 187 Å². The number of hydrogen-bond donors (Lipinski definition) is 1. The quantitative estimate of drug-likeness (QED) is 0.221. The summed E-state index contributed by atoms with van der Waals surface area (Å²) in [5.74, 6) is -0.990. The van der Waals surface area contributed by atoms with Crippen LogP contribution >= 0.6 is 0 Å². The van der Waals surface area contributed by atoms with Crippen LogP contribution in [0.1, 0.15) is 10.5 Å². The van der Waals surface area contributed by atoms with Crippen molar-refractivity contribution in [1.29, 1.82) is 0 Å². The zero-order chi connectivity index (χ0) is 20.1. The van der Waals surface area contributed by atoms with E-state index in [1.165, 1.54) is 33.8 Å². The van der Waals surface area contributed by atoms with Crippen LogP contribution in [0.5, 0.6) is 0 Å². The molecule has 3 aromatic carbocycles. The summed E-state index contributed by atoms with van der Waals surface area (Å²) in [6, 6.07) is 30.9. The summed E-state index contributed by atoms with van der Waals surface area (Å²) in [5, 5.41) is 13.3. The first-order valence-corrected chi connectivity index (χ1v) is 9.12. The van der Waals surface area contributed by atoms with Gasteiger partial charge in [-0.05, 0) is 45.4 Å². The molecule has 2 heterocycles. The van der Waals surface area contributed by atoms with E-state index in [4.69, 9.17) is 5.11 Å². The van der Waals surface area contributed by atoms with Crippen molar-refractivity contribution in [3.05, 3.63) is 109 Å². The van der Waals surface area contributed by atoms with Gasteiger partial charge in [-0.1, -0.05) is 42.5 Å². The van der Waals surface area contributed by atoms with Crippen molar-refractivity contribution in [1.82, 2.24) is 9.97 Å². The number of hydrogen-bond acceptors (Lipinski definition) is 3. The van der Waals surface area contributed by atoms with Crippen LogP contribution < -0.4 is 0 Å². The van der Waals surface area contributed by atoms with Gasteiger partial charge in [0.05, 0.1) is 0 Å². The number of carbonyl (C=O) groups is 1. The summed E-state index contributed by atoms with van der Waals surface area (Å²) in [6.07, 6.45) is 3.33. The van der Waals surface area contributed by atoms with Gasteiger partial charge in [0.2, 0.25) is 0 Å². The predicted molar refractivity (Wildman–Crippen MR) is 115 cm³/mol. The third-order valence-electron chi connectivity index (χ3n) is 4.52. The van der Waals surface area contributed by atoms with E-state index in [0.717, 1.165) is 11.3 Å². The molecule has 0 aliphatic carbocycles. The van der Waals surface area contributed by atoms with Gasteiger partial charge in [-0.15, -0.1) is 35.9 Å². The fourth-order valence-electron chi connectivity index (χ4n) is 3.18. The Morgan fingerprint density at radius 3 is 2.23 bits per heavy atom. The molecule has 0 aliphatic heterocycles. The summed E-state index contributed by atoms with van der Waals surface area (Å²) in [4.78, 5) is 18.3. The normalized spacial score (nSPS) is 10.0. The van der Waals surface area contributed by atoms with Gasteiger partial charge in [-0.2, -0.15) is 0 Å². The Morgan fingerprint density at radius 2 is 1.53 bits per heavy atom. The maximum atomic E-state index is 10.1. The van der Waals surface area contributed by atoms with Gasteiger partial charge in [0.1, 0.15) is 5.69 Å². The molecule has 1 N–H and O–H groups in total. The number of pyridine rings is 2. The largest absolute Gasteiger partial charge is 0.477 e. The number of carboxylic acid groups (broad SMARTS) is 1. The maximum absolute atomic E-state index is 10.1. The molecule has 0 saturated heterocycles. The molecule has 2 aromatic heterocycles. The second-order valence-electron chi connectivity index (χ2n) is 6.34. The van der Waals surface area contributed by atoms with Gasteiger partial charge >= 0.3 is 5.97 Å². The van der Waals surface area contributed by atoms with Crippen molar-refractivity contribution >= 4 is 27.5 Å². The number of fused-ring (bicyclic) bond motifs is 3. The van der Waals surface area contributed by atoms with Crippen molar-refractivity contribution < 1.29 is 30.0 Å². The van der Waals surface area contributed by atoms with Crippen LogP contribution in [-0.2, 0) is 20.1 Å². The molecule has 0 amide bonds. The first kappa shape index (κ1) is 21.3. The maximum Gasteiger partial charge on any atom is 0.354 e. The first-order valence-electron chi connectivity index (χ1n) is 9.12. The number of carboxylic acids is 1. The van der Waals surface area contributed by atoms with E-state index in [0.29, 0.717) is 0 Å². The van der Waals surface area contributed by atoms with E-state index in [9.17, 15) is 4.79 Å². The number of rotatable bonds is 2. The van der Waals surface area contributed by atoms with Crippen LogP contribution in [0, 0.1) is 6.07 Å². The SMILES string of the molecule is O=C(O)c1ccccn1.[Ir].[c-]1ccccc1-c1nccc2c1ccc1ccccc12. The van der Waals surface area contributed by atoms with Crippen LogP contribution in [-0.4, -0.2) is 21.0 Å². The van der Waals surface area contributed by atoms with Crippen molar-refractivity contribution in [3.8, 4) is 11.3 Å². The molecule has 4 nitrogen and oxygen atoms in total. The zero-order valence-corrected chi connectivity index (χ0v) is 18.2. The molecule has 30 heavy (non-hydrogen) atoms. The molecular formula is C25H17IrN2O2-. The number of aromatic nitrogens is 2. The molecule has 5 rings (SSSR count). The molecule has 1 radical (unpaired) electrons. The molecule has 0 fully saturated rings. The Hall–Kier alpha value is -3.40. The molecule has 0 saturated carbocycles. The fourth-order valence-corrected chi connectivity index (χ4v) is 3.18. The molecular weight excluding hydrogens is 553 g/mol. The smallest absolute Gasteiger partial charge is 0.354 e. The molecule has 5 aromatic rings. The van der Waals surface area contributed by atoms with E-state index in [1.807, 2.05) is 24.4 Å². The van der Waals surface area contributed by atoms with Crippen LogP contribution in [0.15, 0.2) is 97.3 Å². The van der Waals surface area contributed by atoms with Gasteiger partial charge in [0, 0.05) is 32.5 Å². The standard InChI is InChI=1S/C19H12N.C6H5NO2.Ir/c1-2-7-15(8-3-1)19-18-11-10-14-6-4-5-9-16(14)17(18)12-13-20-19;8-6(9)5-3-1-2-4-7-5;/h1-7,9-13H;1-4H,(H,8,9);/q-1;;. The third-order valence-corrected chi connectivity index (χ3v) is 4.52. The molecule has 149 valence electrons. The van der Waals surface area contributed by atoms with Crippen molar-refractivity contribution in [2.75, 3.05) is 0 Å². The summed E-state index contributed by atoms with van der Waals surface area (Å²) < 4.78 is 0. The van der Waals surface area contributed by atoms with Gasteiger partial charge in [-0.3, -0.25) is 0 Å². The predicted octanol–water partition coefficient (Wildman–Crippen LogP) is 5.63. The van der Waals surface area contributed by atoms with Crippen molar-refractivity contribution in [2.24, 2.45) is 0 Å². The summed E-state index contributed by atoms with van der Waals surface area (Å²) >= 11 is 0. The van der Waals surface area contributed by atoms with Gasteiger partial charge in [0.15, 0.2) is 0 Å². The van der Waals surface area contributed by atoms with Crippen LogP contribution in [0.4, 0.5) is 0 Å². The minimum Gasteiger partial charge on any atom is -0.477 e. The zero-order valence-electron chi connectivity index (χ0n) is 15.8. The van der Waals surface area contributed by atoms with Gasteiger partial charge in [-0.25, -0.2) is 9.78 Å². The monoisotopic (exact) mass is 570 g/mol. The Kier molecular flexibility index (Phi) is 7.02. The van der Waals surface area contributed by atoms with E-state index in [-0.39, 0.29) is 25.8 Å². The second-order valence-corrected chi connectivity index (χ2v) is 6.34. The Balaban J connectivity index is 0.000000218. The van der Waals surface area contributed by atoms with E-state index >= 15 is 0 Å². The van der Waals surface area contributed by atoms with Crippen LogP contribution in [0.3, 0.4) is 0 Å². The first-order chi connectivity index (χ1) is 14.2. The molecule has 0 aliphatic rings. The van der Waals surface area contributed by atoms with Crippen LogP contribution in [0.25, 0.3) is 32.8 Å². The molecule has 0 unspecified atom stereocenters. The second kappa shape index (κ2) is 9.88. The topological polar surface area (TPSA) is 63.1 Å². The van der Waals surface area contributed by atoms with Gasteiger partial charge in [0.25, 0.3) is 0 Å². The van der Waals surface area contributed by atoms with E-state index in [1.54, 1.807) is 12.1 Å². The summed E-state index contributed by atoms with van der Waals surface area (Å²) in [6.45, 7) is 0. The van der Waals surface area contributed by atoms with E-state index < -0.39 is 5.97 Å². The average molecular weight is 570 g/mol. The fraction of sp³-hybridized carbons (Fsp3) is 0. The minimum atomic E-state index is -0.990. The summed E-state index contributed by atoms with van der Waals surface area (Å²) in [7, 11) is 0. The van der Waals surface area contributed by atoms with Crippen molar-refractivity contribution in [3.63, 3.8) is 0 Å². The average Bonchev–Trinajstić information content (AvgIpc) is 2.80. The van der Waals surface area contributed by atoms with Gasteiger partial charge < -0.3 is 10.1 Å².